The van der Waals surface area contributed by atoms with Crippen molar-refractivity contribution in [3.05, 3.63) is 123 Å². The smallest absolute Gasteiger partial charge is 0.337 e. The van der Waals surface area contributed by atoms with Crippen LogP contribution in [0, 0.1) is 25.2 Å². The fourth-order valence-electron chi connectivity index (χ4n) is 4.88. The average Bonchev–Trinajstić information content (AvgIpc) is 2.95. The first-order valence-corrected chi connectivity index (χ1v) is 12.5. The molecule has 1 aromatic heterocycles. The summed E-state index contributed by atoms with van der Waals surface area (Å²) in [5.74, 6) is -0.557. The monoisotopic (exact) mass is 514 g/mol. The molecular weight excluding hydrogens is 488 g/mol. The number of aryl methyl sites for hydroxylation is 1. The van der Waals surface area contributed by atoms with Crippen LogP contribution in [0.4, 0.5) is 5.69 Å². The Morgan fingerprint density at radius 2 is 1.62 bits per heavy atom. The van der Waals surface area contributed by atoms with Gasteiger partial charge >= 0.3 is 5.97 Å². The second-order valence-electron chi connectivity index (χ2n) is 9.61. The van der Waals surface area contributed by atoms with Crippen LogP contribution in [0.1, 0.15) is 45.6 Å². The molecule has 1 atom stereocenters. The maximum absolute atomic E-state index is 13.6. The normalized spacial score (nSPS) is 11.6. The molecule has 0 saturated carbocycles. The maximum Gasteiger partial charge on any atom is 0.337 e. The van der Waals surface area contributed by atoms with Gasteiger partial charge < -0.3 is 14.8 Å². The van der Waals surface area contributed by atoms with E-state index in [0.717, 1.165) is 27.8 Å². The van der Waals surface area contributed by atoms with Crippen molar-refractivity contribution in [1.82, 2.24) is 0 Å². The summed E-state index contributed by atoms with van der Waals surface area (Å²) in [4.78, 5) is 25.3. The van der Waals surface area contributed by atoms with Crippen molar-refractivity contribution >= 4 is 22.6 Å². The summed E-state index contributed by atoms with van der Waals surface area (Å²) in [6.07, 6.45) is 0. The van der Waals surface area contributed by atoms with Gasteiger partial charge in [-0.05, 0) is 73.9 Å². The van der Waals surface area contributed by atoms with Gasteiger partial charge in [0.1, 0.15) is 11.3 Å². The number of benzene rings is 4. The van der Waals surface area contributed by atoms with Crippen LogP contribution in [-0.4, -0.2) is 11.1 Å². The molecule has 0 aliphatic rings. The quantitative estimate of drug-likeness (QED) is 0.243. The van der Waals surface area contributed by atoms with E-state index < -0.39 is 5.97 Å². The van der Waals surface area contributed by atoms with Crippen molar-refractivity contribution in [2.75, 3.05) is 5.32 Å². The third-order valence-corrected chi connectivity index (χ3v) is 6.84. The number of fused-ring (bicyclic) bond motifs is 1. The molecule has 0 fully saturated rings. The molecular formula is C33H26N2O4. The van der Waals surface area contributed by atoms with Crippen molar-refractivity contribution in [3.63, 3.8) is 0 Å². The number of hydrogen-bond donors (Lipinski definition) is 2. The molecule has 192 valence electrons. The minimum atomic E-state index is -1.02. The van der Waals surface area contributed by atoms with Crippen LogP contribution >= 0.6 is 0 Å². The van der Waals surface area contributed by atoms with Gasteiger partial charge in [-0.3, -0.25) is 4.79 Å². The largest absolute Gasteiger partial charge is 0.478 e. The molecule has 0 saturated heterocycles. The number of carboxylic acids is 1. The fraction of sp³-hybridized carbons (Fsp3) is 0.121. The molecule has 5 aromatic rings. The van der Waals surface area contributed by atoms with Crippen LogP contribution in [0.3, 0.4) is 0 Å². The van der Waals surface area contributed by atoms with E-state index in [-0.39, 0.29) is 17.0 Å². The van der Waals surface area contributed by atoms with E-state index in [1.54, 1.807) is 37.3 Å². The minimum absolute atomic E-state index is 0.119. The standard InChI is InChI=1S/C33H26N2O4/c1-19-14-27(21(3)35-29-13-5-4-12-26(29)33(37)38)32-28(15-19)30(36)20(2)31(39-32)25-11-7-10-24(17-25)23-9-6-8-22(16-23)18-34/h4-17,21,35H,1-3H3,(H,37,38). The van der Waals surface area contributed by atoms with Crippen LogP contribution in [0.5, 0.6) is 0 Å². The van der Waals surface area contributed by atoms with Crippen molar-refractivity contribution in [2.45, 2.75) is 26.8 Å². The Hall–Kier alpha value is -5.15. The zero-order valence-electron chi connectivity index (χ0n) is 21.8. The Balaban J connectivity index is 1.65. The molecule has 0 amide bonds. The summed E-state index contributed by atoms with van der Waals surface area (Å²) in [6.45, 7) is 5.59. The summed E-state index contributed by atoms with van der Waals surface area (Å²) in [7, 11) is 0. The first kappa shape index (κ1) is 25.5. The summed E-state index contributed by atoms with van der Waals surface area (Å²) in [5, 5.41) is 22.7. The van der Waals surface area contributed by atoms with Crippen LogP contribution < -0.4 is 10.7 Å². The Labute approximate surface area is 225 Å². The highest BCUT2D eigenvalue weighted by Crippen LogP contribution is 2.34. The minimum Gasteiger partial charge on any atom is -0.478 e. The number of anilines is 1. The molecule has 0 spiro atoms. The van der Waals surface area contributed by atoms with Gasteiger partial charge in [0.05, 0.1) is 28.6 Å². The number of hydrogen-bond acceptors (Lipinski definition) is 5. The van der Waals surface area contributed by atoms with Gasteiger partial charge in [0.2, 0.25) is 0 Å². The average molecular weight is 515 g/mol. The molecule has 0 aliphatic heterocycles. The van der Waals surface area contributed by atoms with Crippen LogP contribution in [0.15, 0.2) is 94.1 Å². The zero-order valence-corrected chi connectivity index (χ0v) is 21.8. The molecule has 5 rings (SSSR count). The Bertz CT molecular complexity index is 1850. The van der Waals surface area contributed by atoms with Gasteiger partial charge in [0, 0.05) is 22.4 Å². The van der Waals surface area contributed by atoms with Gasteiger partial charge in [-0.25, -0.2) is 4.79 Å². The fourth-order valence-corrected chi connectivity index (χ4v) is 4.88. The van der Waals surface area contributed by atoms with Crippen molar-refractivity contribution in [2.24, 2.45) is 0 Å². The molecule has 6 heteroatoms. The number of carboxylic acid groups (broad SMARTS) is 1. The molecule has 39 heavy (non-hydrogen) atoms. The van der Waals surface area contributed by atoms with Crippen molar-refractivity contribution in [3.8, 4) is 28.5 Å². The van der Waals surface area contributed by atoms with E-state index in [2.05, 4.69) is 11.4 Å². The van der Waals surface area contributed by atoms with Crippen molar-refractivity contribution < 1.29 is 14.3 Å². The highest BCUT2D eigenvalue weighted by atomic mass is 16.4. The summed E-state index contributed by atoms with van der Waals surface area (Å²) < 4.78 is 6.51. The van der Waals surface area contributed by atoms with Gasteiger partial charge in [-0.1, -0.05) is 48.5 Å². The van der Waals surface area contributed by atoms with Gasteiger partial charge in [0.15, 0.2) is 5.43 Å². The molecule has 0 radical (unpaired) electrons. The Morgan fingerprint density at radius 1 is 0.923 bits per heavy atom. The lowest BCUT2D eigenvalue weighted by Crippen LogP contribution is -2.14. The number of aromatic carboxylic acids is 1. The number of rotatable bonds is 6. The number of carbonyl (C=O) groups is 1. The number of nitriles is 1. The number of para-hydroxylation sites is 1. The van der Waals surface area contributed by atoms with E-state index in [1.165, 1.54) is 0 Å². The molecule has 0 aliphatic carbocycles. The van der Waals surface area contributed by atoms with Crippen LogP contribution in [-0.2, 0) is 0 Å². The molecule has 1 unspecified atom stereocenters. The molecule has 6 nitrogen and oxygen atoms in total. The predicted molar refractivity (Wildman–Crippen MR) is 153 cm³/mol. The summed E-state index contributed by atoms with van der Waals surface area (Å²) in [6, 6.07) is 27.4. The number of nitrogens with one attached hydrogen (secondary N) is 1. The van der Waals surface area contributed by atoms with Crippen LogP contribution in [0.2, 0.25) is 0 Å². The van der Waals surface area contributed by atoms with E-state index in [4.69, 9.17) is 4.42 Å². The maximum atomic E-state index is 13.6. The Kier molecular flexibility index (Phi) is 6.74. The predicted octanol–water partition coefficient (Wildman–Crippen LogP) is 7.49. The lowest BCUT2D eigenvalue weighted by Gasteiger charge is -2.20. The molecule has 2 N–H and O–H groups in total. The Morgan fingerprint density at radius 3 is 2.36 bits per heavy atom. The van der Waals surface area contributed by atoms with Gasteiger partial charge in [0.25, 0.3) is 0 Å². The SMILES string of the molecule is Cc1cc(C(C)Nc2ccccc2C(=O)O)c2oc(-c3cccc(-c4cccc(C#N)c4)c3)c(C)c(=O)c2c1. The van der Waals surface area contributed by atoms with E-state index in [9.17, 15) is 20.0 Å². The van der Waals surface area contributed by atoms with E-state index in [0.29, 0.717) is 33.5 Å². The van der Waals surface area contributed by atoms with Gasteiger partial charge in [-0.2, -0.15) is 5.26 Å². The van der Waals surface area contributed by atoms with Gasteiger partial charge in [-0.15, -0.1) is 0 Å². The zero-order chi connectivity index (χ0) is 27.7. The lowest BCUT2D eigenvalue weighted by atomic mass is 9.97. The first-order valence-electron chi connectivity index (χ1n) is 12.5. The lowest BCUT2D eigenvalue weighted by molar-refractivity contribution is 0.0698. The van der Waals surface area contributed by atoms with E-state index in [1.807, 2.05) is 68.4 Å². The molecule has 4 aromatic carbocycles. The summed E-state index contributed by atoms with van der Waals surface area (Å²) in [5.41, 5.74) is 6.23. The van der Waals surface area contributed by atoms with E-state index >= 15 is 0 Å². The van der Waals surface area contributed by atoms with Crippen LogP contribution in [0.25, 0.3) is 33.4 Å². The highest BCUT2D eigenvalue weighted by Gasteiger charge is 2.20. The topological polar surface area (TPSA) is 103 Å². The first-order chi connectivity index (χ1) is 18.8. The van der Waals surface area contributed by atoms with Crippen molar-refractivity contribution in [1.29, 1.82) is 5.26 Å². The molecule has 0 bridgehead atoms. The number of nitrogens with zero attached hydrogens (tertiary/aromatic N) is 1. The highest BCUT2D eigenvalue weighted by molar-refractivity contribution is 5.94. The second-order valence-corrected chi connectivity index (χ2v) is 9.61. The summed E-state index contributed by atoms with van der Waals surface area (Å²) >= 11 is 0. The second kappa shape index (κ2) is 10.3. The third-order valence-electron chi connectivity index (χ3n) is 6.84. The molecule has 1 heterocycles. The third kappa shape index (κ3) is 4.90.